The summed E-state index contributed by atoms with van der Waals surface area (Å²) in [6, 6.07) is 5.47. The van der Waals surface area contributed by atoms with E-state index in [1.807, 2.05) is 24.9 Å². The lowest BCUT2D eigenvalue weighted by molar-refractivity contribution is 0.629. The lowest BCUT2D eigenvalue weighted by Crippen LogP contribution is -2.31. The zero-order chi connectivity index (χ0) is 10.8. The van der Waals surface area contributed by atoms with Crippen LogP contribution in [-0.4, -0.2) is 24.6 Å². The van der Waals surface area contributed by atoms with Gasteiger partial charge in [-0.2, -0.15) is 11.8 Å². The average molecular weight is 226 g/mol. The molecule has 1 saturated heterocycles. The first kappa shape index (κ1) is 10.6. The van der Waals surface area contributed by atoms with E-state index in [-0.39, 0.29) is 11.5 Å². The van der Waals surface area contributed by atoms with Gasteiger partial charge in [0.2, 0.25) is 0 Å². The van der Waals surface area contributed by atoms with E-state index in [9.17, 15) is 4.39 Å². The summed E-state index contributed by atoms with van der Waals surface area (Å²) in [7, 11) is 1.99. The molecule has 1 heterocycles. The Morgan fingerprint density at radius 2 is 2.33 bits per heavy atom. The monoisotopic (exact) mass is 226 g/mol. The molecular formula is C11H15FN2S. The van der Waals surface area contributed by atoms with Crippen molar-refractivity contribution in [3.8, 4) is 0 Å². The van der Waals surface area contributed by atoms with Gasteiger partial charge >= 0.3 is 0 Å². The van der Waals surface area contributed by atoms with Gasteiger partial charge in [0.25, 0.3) is 0 Å². The van der Waals surface area contributed by atoms with E-state index in [4.69, 9.17) is 5.73 Å². The van der Waals surface area contributed by atoms with Crippen LogP contribution in [0.3, 0.4) is 0 Å². The van der Waals surface area contributed by atoms with E-state index >= 15 is 0 Å². The molecule has 1 fully saturated rings. The molecule has 0 aromatic heterocycles. The highest BCUT2D eigenvalue weighted by atomic mass is 32.2. The van der Waals surface area contributed by atoms with Crippen molar-refractivity contribution >= 4 is 23.1 Å². The lowest BCUT2D eigenvalue weighted by atomic mass is 10.2. The van der Waals surface area contributed by atoms with Crippen molar-refractivity contribution in [1.82, 2.24) is 0 Å². The first-order chi connectivity index (χ1) is 7.20. The average Bonchev–Trinajstić information content (AvgIpc) is 2.74. The molecule has 4 heteroatoms. The molecular weight excluding hydrogens is 211 g/mol. The zero-order valence-electron chi connectivity index (χ0n) is 8.74. The van der Waals surface area contributed by atoms with Gasteiger partial charge in [-0.15, -0.1) is 0 Å². The number of thioether (sulfide) groups is 1. The van der Waals surface area contributed by atoms with Gasteiger partial charge < -0.3 is 10.6 Å². The second-order valence-electron chi connectivity index (χ2n) is 3.80. The number of hydrogen-bond acceptors (Lipinski definition) is 3. The molecule has 0 spiro atoms. The summed E-state index contributed by atoms with van der Waals surface area (Å²) in [5, 5.41) is 0. The first-order valence-corrected chi connectivity index (χ1v) is 6.20. The smallest absolute Gasteiger partial charge is 0.148 e. The van der Waals surface area contributed by atoms with Crippen LogP contribution in [0.2, 0.25) is 0 Å². The van der Waals surface area contributed by atoms with Gasteiger partial charge in [0.05, 0.1) is 11.4 Å². The molecule has 2 rings (SSSR count). The topological polar surface area (TPSA) is 29.3 Å². The molecule has 0 saturated carbocycles. The predicted octanol–water partition coefficient (Wildman–Crippen LogP) is 2.35. The van der Waals surface area contributed by atoms with Gasteiger partial charge in [0, 0.05) is 18.8 Å². The van der Waals surface area contributed by atoms with Crippen LogP contribution in [0.25, 0.3) is 0 Å². The minimum atomic E-state index is -0.329. The van der Waals surface area contributed by atoms with Crippen LogP contribution in [0, 0.1) is 5.82 Å². The van der Waals surface area contributed by atoms with Crippen LogP contribution in [0.5, 0.6) is 0 Å². The van der Waals surface area contributed by atoms with E-state index < -0.39 is 0 Å². The molecule has 1 aliphatic heterocycles. The van der Waals surface area contributed by atoms with Crippen molar-refractivity contribution in [1.29, 1.82) is 0 Å². The number of anilines is 2. The van der Waals surface area contributed by atoms with Gasteiger partial charge in [-0.05, 0) is 24.3 Å². The molecule has 82 valence electrons. The summed E-state index contributed by atoms with van der Waals surface area (Å²) in [6.07, 6.45) is 1.15. The first-order valence-electron chi connectivity index (χ1n) is 5.04. The fraction of sp³-hybridized carbons (Fsp3) is 0.455. The fourth-order valence-electron chi connectivity index (χ4n) is 1.86. The van der Waals surface area contributed by atoms with Gasteiger partial charge in [-0.1, -0.05) is 6.07 Å². The van der Waals surface area contributed by atoms with E-state index in [2.05, 4.69) is 4.90 Å². The number of para-hydroxylation sites is 1. The highest BCUT2D eigenvalue weighted by Gasteiger charge is 2.22. The highest BCUT2D eigenvalue weighted by Crippen LogP contribution is 2.30. The Hall–Kier alpha value is -0.900. The quantitative estimate of drug-likeness (QED) is 0.785. The number of benzene rings is 1. The number of halogens is 1. The molecule has 1 aromatic rings. The van der Waals surface area contributed by atoms with Gasteiger partial charge in [0.15, 0.2) is 0 Å². The Labute approximate surface area is 93.6 Å². The Kier molecular flexibility index (Phi) is 3.05. The third kappa shape index (κ3) is 2.04. The van der Waals surface area contributed by atoms with Gasteiger partial charge in [0.1, 0.15) is 5.82 Å². The minimum absolute atomic E-state index is 0.261. The van der Waals surface area contributed by atoms with Crippen LogP contribution >= 0.6 is 11.8 Å². The number of hydrogen-bond donors (Lipinski definition) is 1. The molecule has 0 aliphatic carbocycles. The number of nitrogens with zero attached hydrogens (tertiary/aromatic N) is 1. The molecule has 2 nitrogen and oxygen atoms in total. The Morgan fingerprint density at radius 1 is 1.53 bits per heavy atom. The van der Waals surface area contributed by atoms with Crippen LogP contribution < -0.4 is 10.6 Å². The Bertz CT molecular complexity index is 350. The molecule has 0 amide bonds. The molecule has 2 N–H and O–H groups in total. The molecule has 0 radical (unpaired) electrons. The molecule has 1 atom stereocenters. The van der Waals surface area contributed by atoms with E-state index in [1.54, 1.807) is 6.07 Å². The Morgan fingerprint density at radius 3 is 3.00 bits per heavy atom. The van der Waals surface area contributed by atoms with Crippen LogP contribution in [0.15, 0.2) is 18.2 Å². The highest BCUT2D eigenvalue weighted by molar-refractivity contribution is 7.99. The lowest BCUT2D eigenvalue weighted by Gasteiger charge is -2.27. The number of nitrogen functional groups attached to an aromatic ring is 1. The predicted molar refractivity (Wildman–Crippen MR) is 64.9 cm³/mol. The molecule has 1 aliphatic rings. The maximum atomic E-state index is 13.3. The summed E-state index contributed by atoms with van der Waals surface area (Å²) in [6.45, 7) is 0. The second-order valence-corrected chi connectivity index (χ2v) is 4.95. The summed E-state index contributed by atoms with van der Waals surface area (Å²) in [5.74, 6) is 1.96. The van der Waals surface area contributed by atoms with Gasteiger partial charge in [-0.3, -0.25) is 0 Å². The summed E-state index contributed by atoms with van der Waals surface area (Å²) < 4.78 is 13.3. The standard InChI is InChI=1S/C11H15FN2S/c1-14(8-5-6-15-7-8)10-4-2-3-9(12)11(10)13/h2-4,8H,5-7,13H2,1H3. The van der Waals surface area contributed by atoms with E-state index in [0.29, 0.717) is 6.04 Å². The number of rotatable bonds is 2. The van der Waals surface area contributed by atoms with Crippen molar-refractivity contribution in [2.24, 2.45) is 0 Å². The van der Waals surface area contributed by atoms with Crippen molar-refractivity contribution < 1.29 is 4.39 Å². The van der Waals surface area contributed by atoms with Crippen LogP contribution in [0.4, 0.5) is 15.8 Å². The van der Waals surface area contributed by atoms with Crippen LogP contribution in [-0.2, 0) is 0 Å². The third-order valence-corrected chi connectivity index (χ3v) is 4.01. The third-order valence-electron chi connectivity index (χ3n) is 2.86. The Balaban J connectivity index is 2.24. The molecule has 0 bridgehead atoms. The SMILES string of the molecule is CN(c1cccc(F)c1N)C1CCSC1. The van der Waals surface area contributed by atoms with E-state index in [0.717, 1.165) is 17.9 Å². The maximum Gasteiger partial charge on any atom is 0.148 e. The largest absolute Gasteiger partial charge is 0.395 e. The molecule has 1 aromatic carbocycles. The summed E-state index contributed by atoms with van der Waals surface area (Å²) >= 11 is 1.94. The summed E-state index contributed by atoms with van der Waals surface area (Å²) in [5.41, 5.74) is 6.80. The van der Waals surface area contributed by atoms with Crippen molar-refractivity contribution in [3.05, 3.63) is 24.0 Å². The van der Waals surface area contributed by atoms with Crippen molar-refractivity contribution in [3.63, 3.8) is 0 Å². The normalized spacial score (nSPS) is 20.5. The second kappa shape index (κ2) is 4.31. The molecule has 1 unspecified atom stereocenters. The zero-order valence-corrected chi connectivity index (χ0v) is 9.56. The van der Waals surface area contributed by atoms with Crippen molar-refractivity contribution in [2.45, 2.75) is 12.5 Å². The van der Waals surface area contributed by atoms with Crippen LogP contribution in [0.1, 0.15) is 6.42 Å². The summed E-state index contributed by atoms with van der Waals surface area (Å²) in [4.78, 5) is 2.10. The number of nitrogens with two attached hydrogens (primary N) is 1. The van der Waals surface area contributed by atoms with Gasteiger partial charge in [-0.25, -0.2) is 4.39 Å². The van der Waals surface area contributed by atoms with E-state index in [1.165, 1.54) is 11.8 Å². The molecule has 15 heavy (non-hydrogen) atoms. The van der Waals surface area contributed by atoms with Crippen molar-refractivity contribution in [2.75, 3.05) is 29.2 Å². The fourth-order valence-corrected chi connectivity index (χ4v) is 3.13. The maximum absolute atomic E-state index is 13.3. The minimum Gasteiger partial charge on any atom is -0.395 e.